The maximum absolute atomic E-state index is 3.52. The summed E-state index contributed by atoms with van der Waals surface area (Å²) in [7, 11) is 0. The maximum atomic E-state index is 3.52. The van der Waals surface area contributed by atoms with Gasteiger partial charge in [-0.2, -0.15) is 0 Å². The quantitative estimate of drug-likeness (QED) is 0.632. The van der Waals surface area contributed by atoms with Crippen LogP contribution in [-0.4, -0.2) is 13.1 Å². The molecule has 114 valence electrons. The van der Waals surface area contributed by atoms with Gasteiger partial charge in [0.05, 0.1) is 0 Å². The van der Waals surface area contributed by atoms with E-state index in [0.29, 0.717) is 0 Å². The van der Waals surface area contributed by atoms with Gasteiger partial charge in [-0.1, -0.05) is 52.0 Å². The summed E-state index contributed by atoms with van der Waals surface area (Å²) < 4.78 is 0. The van der Waals surface area contributed by atoms with Crippen molar-refractivity contribution in [3.63, 3.8) is 0 Å². The largest absolute Gasteiger partial charge is 0.313 e. The first-order valence-corrected chi connectivity index (χ1v) is 8.07. The SMILES string of the molecule is CC(C)CCNCc1cccc(CNCCC(C)C)c1. The Bertz CT molecular complexity index is 327. The van der Waals surface area contributed by atoms with E-state index in [9.17, 15) is 0 Å². The molecule has 0 aliphatic carbocycles. The highest BCUT2D eigenvalue weighted by Crippen LogP contribution is 2.06. The second-order valence-electron chi connectivity index (χ2n) is 6.54. The predicted octanol–water partition coefficient (Wildman–Crippen LogP) is 3.96. The molecule has 0 saturated heterocycles. The summed E-state index contributed by atoms with van der Waals surface area (Å²) in [6.45, 7) is 13.2. The molecule has 1 aromatic carbocycles. The van der Waals surface area contributed by atoms with Gasteiger partial charge < -0.3 is 10.6 Å². The molecule has 0 aromatic heterocycles. The Balaban J connectivity index is 2.26. The number of benzene rings is 1. The summed E-state index contributed by atoms with van der Waals surface area (Å²) in [6.07, 6.45) is 2.49. The molecule has 2 N–H and O–H groups in total. The zero-order valence-corrected chi connectivity index (χ0v) is 13.7. The lowest BCUT2D eigenvalue weighted by Crippen LogP contribution is -2.18. The second-order valence-corrected chi connectivity index (χ2v) is 6.54. The Morgan fingerprint density at radius 3 is 1.65 bits per heavy atom. The lowest BCUT2D eigenvalue weighted by Gasteiger charge is -2.10. The number of rotatable bonds is 10. The Labute approximate surface area is 125 Å². The van der Waals surface area contributed by atoms with Crippen LogP contribution >= 0.6 is 0 Å². The topological polar surface area (TPSA) is 24.1 Å². The van der Waals surface area contributed by atoms with Gasteiger partial charge in [0.15, 0.2) is 0 Å². The van der Waals surface area contributed by atoms with Gasteiger partial charge in [0.25, 0.3) is 0 Å². The smallest absolute Gasteiger partial charge is 0.0205 e. The summed E-state index contributed by atoms with van der Waals surface area (Å²) in [5.41, 5.74) is 2.77. The first kappa shape index (κ1) is 17.2. The molecule has 0 saturated carbocycles. The molecule has 1 rings (SSSR count). The summed E-state index contributed by atoms with van der Waals surface area (Å²) in [6, 6.07) is 8.89. The van der Waals surface area contributed by atoms with E-state index in [0.717, 1.165) is 38.0 Å². The number of nitrogens with one attached hydrogen (secondary N) is 2. The van der Waals surface area contributed by atoms with Crippen LogP contribution in [0.15, 0.2) is 24.3 Å². The van der Waals surface area contributed by atoms with Crippen molar-refractivity contribution in [3.05, 3.63) is 35.4 Å². The van der Waals surface area contributed by atoms with Gasteiger partial charge >= 0.3 is 0 Å². The third-order valence-corrected chi connectivity index (χ3v) is 3.45. The van der Waals surface area contributed by atoms with E-state index in [2.05, 4.69) is 62.6 Å². The monoisotopic (exact) mass is 276 g/mol. The molecule has 0 heterocycles. The van der Waals surface area contributed by atoms with Gasteiger partial charge in [0.2, 0.25) is 0 Å². The van der Waals surface area contributed by atoms with E-state index in [-0.39, 0.29) is 0 Å². The molecule has 20 heavy (non-hydrogen) atoms. The highest BCUT2D eigenvalue weighted by molar-refractivity contribution is 5.23. The first-order chi connectivity index (χ1) is 9.58. The summed E-state index contributed by atoms with van der Waals surface area (Å²) >= 11 is 0. The van der Waals surface area contributed by atoms with E-state index in [4.69, 9.17) is 0 Å². The zero-order valence-electron chi connectivity index (χ0n) is 13.7. The summed E-state index contributed by atoms with van der Waals surface area (Å²) in [4.78, 5) is 0. The van der Waals surface area contributed by atoms with Crippen LogP contribution in [0.3, 0.4) is 0 Å². The minimum absolute atomic E-state index is 0.777. The molecule has 0 fully saturated rings. The fourth-order valence-electron chi connectivity index (χ4n) is 2.10. The van der Waals surface area contributed by atoms with E-state index < -0.39 is 0 Å². The van der Waals surface area contributed by atoms with Crippen LogP contribution in [-0.2, 0) is 13.1 Å². The van der Waals surface area contributed by atoms with Crippen molar-refractivity contribution in [3.8, 4) is 0 Å². The molecule has 1 aromatic rings. The third kappa shape index (κ3) is 8.34. The van der Waals surface area contributed by atoms with E-state index in [1.54, 1.807) is 0 Å². The van der Waals surface area contributed by atoms with Crippen molar-refractivity contribution in [1.29, 1.82) is 0 Å². The van der Waals surface area contributed by atoms with Crippen LogP contribution in [0.1, 0.15) is 51.7 Å². The number of hydrogen-bond donors (Lipinski definition) is 2. The highest BCUT2D eigenvalue weighted by Gasteiger charge is 1.98. The highest BCUT2D eigenvalue weighted by atomic mass is 14.9. The average molecular weight is 276 g/mol. The van der Waals surface area contributed by atoms with Crippen molar-refractivity contribution >= 4 is 0 Å². The van der Waals surface area contributed by atoms with Crippen LogP contribution in [0.25, 0.3) is 0 Å². The number of hydrogen-bond acceptors (Lipinski definition) is 2. The predicted molar refractivity (Wildman–Crippen MR) is 88.8 cm³/mol. The zero-order chi connectivity index (χ0) is 14.8. The van der Waals surface area contributed by atoms with E-state index in [1.807, 2.05) is 0 Å². The van der Waals surface area contributed by atoms with Crippen LogP contribution in [0.4, 0.5) is 0 Å². The van der Waals surface area contributed by atoms with Gasteiger partial charge in [-0.3, -0.25) is 0 Å². The lowest BCUT2D eigenvalue weighted by atomic mass is 10.1. The Morgan fingerprint density at radius 1 is 0.800 bits per heavy atom. The average Bonchev–Trinajstić information content (AvgIpc) is 2.40. The van der Waals surface area contributed by atoms with Gasteiger partial charge in [0, 0.05) is 13.1 Å². The van der Waals surface area contributed by atoms with Crippen LogP contribution in [0.2, 0.25) is 0 Å². The van der Waals surface area contributed by atoms with Gasteiger partial charge in [-0.05, 0) is 48.9 Å². The van der Waals surface area contributed by atoms with Crippen LogP contribution < -0.4 is 10.6 Å². The lowest BCUT2D eigenvalue weighted by molar-refractivity contribution is 0.535. The van der Waals surface area contributed by atoms with Gasteiger partial charge in [0.1, 0.15) is 0 Å². The molecule has 2 nitrogen and oxygen atoms in total. The van der Waals surface area contributed by atoms with Crippen molar-refractivity contribution in [2.45, 2.75) is 53.6 Å². The third-order valence-electron chi connectivity index (χ3n) is 3.45. The first-order valence-electron chi connectivity index (χ1n) is 8.07. The minimum atomic E-state index is 0.777. The fraction of sp³-hybridized carbons (Fsp3) is 0.667. The molecular formula is C18H32N2. The van der Waals surface area contributed by atoms with Crippen LogP contribution in [0, 0.1) is 11.8 Å². The molecule has 0 atom stereocenters. The van der Waals surface area contributed by atoms with Gasteiger partial charge in [-0.25, -0.2) is 0 Å². The maximum Gasteiger partial charge on any atom is 0.0205 e. The molecule has 0 unspecified atom stereocenters. The molecule has 0 bridgehead atoms. The second kappa shape index (κ2) is 9.95. The molecule has 0 aliphatic rings. The molecule has 0 amide bonds. The van der Waals surface area contributed by atoms with Gasteiger partial charge in [-0.15, -0.1) is 0 Å². The Kier molecular flexibility index (Phi) is 8.56. The summed E-state index contributed by atoms with van der Waals surface area (Å²) in [5.74, 6) is 1.55. The van der Waals surface area contributed by atoms with Crippen molar-refractivity contribution in [1.82, 2.24) is 10.6 Å². The molecule has 0 aliphatic heterocycles. The normalized spacial score (nSPS) is 11.5. The van der Waals surface area contributed by atoms with E-state index in [1.165, 1.54) is 24.0 Å². The van der Waals surface area contributed by atoms with Crippen LogP contribution in [0.5, 0.6) is 0 Å². The Hall–Kier alpha value is -0.860. The standard InChI is InChI=1S/C18H32N2/c1-15(2)8-10-19-13-17-6-5-7-18(12-17)14-20-11-9-16(3)4/h5-7,12,15-16,19-20H,8-11,13-14H2,1-4H3. The van der Waals surface area contributed by atoms with Crippen molar-refractivity contribution < 1.29 is 0 Å². The molecule has 0 spiro atoms. The Morgan fingerprint density at radius 2 is 1.25 bits per heavy atom. The minimum Gasteiger partial charge on any atom is -0.313 e. The molecule has 0 radical (unpaired) electrons. The van der Waals surface area contributed by atoms with Crippen molar-refractivity contribution in [2.24, 2.45) is 11.8 Å². The van der Waals surface area contributed by atoms with E-state index >= 15 is 0 Å². The molecular weight excluding hydrogens is 244 g/mol. The molecule has 2 heteroatoms. The fourth-order valence-corrected chi connectivity index (χ4v) is 2.10. The summed E-state index contributed by atoms with van der Waals surface area (Å²) in [5, 5.41) is 7.04. The van der Waals surface area contributed by atoms with Crippen molar-refractivity contribution in [2.75, 3.05) is 13.1 Å².